The van der Waals surface area contributed by atoms with E-state index in [1.54, 1.807) is 0 Å². The molecule has 0 aromatic carbocycles. The smallest absolute Gasteiger partial charge is 0.226 e. The van der Waals surface area contributed by atoms with E-state index >= 15 is 0 Å². The van der Waals surface area contributed by atoms with Gasteiger partial charge in [0.1, 0.15) is 0 Å². The Hall–Kier alpha value is -0.940. The third-order valence-corrected chi connectivity index (χ3v) is 4.41. The Morgan fingerprint density at radius 1 is 1.16 bits per heavy atom. The summed E-state index contributed by atoms with van der Waals surface area (Å²) >= 11 is 0. The van der Waals surface area contributed by atoms with Gasteiger partial charge in [-0.05, 0) is 31.1 Å². The highest BCUT2D eigenvalue weighted by molar-refractivity contribution is 4.93. The minimum absolute atomic E-state index is 0.298. The predicted octanol–water partition coefficient (Wildman–Crippen LogP) is 1.71. The maximum Gasteiger partial charge on any atom is 0.226 e. The fourth-order valence-electron chi connectivity index (χ4n) is 3.17. The summed E-state index contributed by atoms with van der Waals surface area (Å²) in [5, 5.41) is 4.09. The first-order valence-corrected chi connectivity index (χ1v) is 7.46. The number of nitrogens with two attached hydrogens (primary N) is 1. The van der Waals surface area contributed by atoms with Gasteiger partial charge in [0.2, 0.25) is 5.89 Å². The van der Waals surface area contributed by atoms with Crippen LogP contribution in [0, 0.1) is 11.8 Å². The standard InChI is InChI=1S/C14H23N3O2/c15-12-4-2-1-3-11(12)8-14-16-13(17-19-14)7-10-5-6-18-9-10/h10-12H,1-9,15H2. The van der Waals surface area contributed by atoms with Crippen molar-refractivity contribution in [3.8, 4) is 0 Å². The van der Waals surface area contributed by atoms with Crippen LogP contribution in [-0.2, 0) is 17.6 Å². The Balaban J connectivity index is 1.54. The number of hydrogen-bond acceptors (Lipinski definition) is 5. The lowest BCUT2D eigenvalue weighted by Gasteiger charge is -2.27. The Morgan fingerprint density at radius 2 is 2.05 bits per heavy atom. The second kappa shape index (κ2) is 6.01. The van der Waals surface area contributed by atoms with Gasteiger partial charge in [-0.2, -0.15) is 4.98 Å². The summed E-state index contributed by atoms with van der Waals surface area (Å²) in [6.45, 7) is 1.70. The molecule has 1 aliphatic carbocycles. The molecule has 1 aromatic heterocycles. The second-order valence-corrected chi connectivity index (χ2v) is 5.95. The Kier molecular flexibility index (Phi) is 4.13. The quantitative estimate of drug-likeness (QED) is 0.897. The molecule has 2 aliphatic rings. The number of nitrogens with zero attached hydrogens (tertiary/aromatic N) is 2. The molecule has 3 atom stereocenters. The Labute approximate surface area is 113 Å². The highest BCUT2D eigenvalue weighted by Gasteiger charge is 2.25. The van der Waals surface area contributed by atoms with Crippen molar-refractivity contribution in [2.75, 3.05) is 13.2 Å². The first kappa shape index (κ1) is 13.1. The molecule has 0 amide bonds. The molecule has 2 heterocycles. The van der Waals surface area contributed by atoms with Gasteiger partial charge in [-0.1, -0.05) is 18.0 Å². The van der Waals surface area contributed by atoms with Gasteiger partial charge in [0.15, 0.2) is 5.82 Å². The van der Waals surface area contributed by atoms with Crippen molar-refractivity contribution in [3.63, 3.8) is 0 Å². The summed E-state index contributed by atoms with van der Waals surface area (Å²) in [5.74, 6) is 2.66. The van der Waals surface area contributed by atoms with E-state index in [0.717, 1.165) is 50.6 Å². The van der Waals surface area contributed by atoms with Crippen LogP contribution >= 0.6 is 0 Å². The van der Waals surface area contributed by atoms with Crippen molar-refractivity contribution >= 4 is 0 Å². The lowest BCUT2D eigenvalue weighted by atomic mass is 9.83. The summed E-state index contributed by atoms with van der Waals surface area (Å²) < 4.78 is 10.7. The van der Waals surface area contributed by atoms with Crippen LogP contribution < -0.4 is 5.73 Å². The maximum atomic E-state index is 6.16. The van der Waals surface area contributed by atoms with Crippen LogP contribution in [-0.4, -0.2) is 29.4 Å². The number of ether oxygens (including phenoxy) is 1. The van der Waals surface area contributed by atoms with Gasteiger partial charge in [0, 0.05) is 32.1 Å². The first-order valence-electron chi connectivity index (χ1n) is 7.46. The molecular weight excluding hydrogens is 242 g/mol. The number of hydrogen-bond donors (Lipinski definition) is 1. The van der Waals surface area contributed by atoms with Crippen molar-refractivity contribution in [1.82, 2.24) is 10.1 Å². The largest absolute Gasteiger partial charge is 0.381 e. The zero-order valence-corrected chi connectivity index (χ0v) is 11.4. The molecule has 1 saturated heterocycles. The zero-order chi connectivity index (χ0) is 13.1. The zero-order valence-electron chi connectivity index (χ0n) is 11.4. The maximum absolute atomic E-state index is 6.16. The lowest BCUT2D eigenvalue weighted by molar-refractivity contribution is 0.185. The SMILES string of the molecule is NC1CCCCC1Cc1nc(CC2CCOC2)no1. The van der Waals surface area contributed by atoms with Crippen molar-refractivity contribution in [2.45, 2.75) is 51.0 Å². The lowest BCUT2D eigenvalue weighted by Crippen LogP contribution is -2.34. The average molecular weight is 265 g/mol. The third kappa shape index (κ3) is 3.34. The monoisotopic (exact) mass is 265 g/mol. The average Bonchev–Trinajstić information content (AvgIpc) is 3.05. The van der Waals surface area contributed by atoms with Crippen molar-refractivity contribution in [1.29, 1.82) is 0 Å². The minimum atomic E-state index is 0.298. The van der Waals surface area contributed by atoms with E-state index < -0.39 is 0 Å². The minimum Gasteiger partial charge on any atom is -0.381 e. The summed E-state index contributed by atoms with van der Waals surface area (Å²) in [7, 11) is 0. The van der Waals surface area contributed by atoms with Crippen LogP contribution in [0.1, 0.15) is 43.8 Å². The summed E-state index contributed by atoms with van der Waals surface area (Å²) in [5.41, 5.74) is 6.16. The van der Waals surface area contributed by atoms with E-state index in [-0.39, 0.29) is 0 Å². The number of rotatable bonds is 4. The van der Waals surface area contributed by atoms with Crippen LogP contribution in [0.2, 0.25) is 0 Å². The van der Waals surface area contributed by atoms with Crippen LogP contribution in [0.15, 0.2) is 4.52 Å². The van der Waals surface area contributed by atoms with E-state index in [1.165, 1.54) is 19.3 Å². The van der Waals surface area contributed by atoms with Gasteiger partial charge < -0.3 is 15.0 Å². The molecule has 2 fully saturated rings. The predicted molar refractivity (Wildman–Crippen MR) is 70.6 cm³/mol. The highest BCUT2D eigenvalue weighted by Crippen LogP contribution is 2.26. The summed E-state index contributed by atoms with van der Waals surface area (Å²) in [6, 6.07) is 0.298. The van der Waals surface area contributed by atoms with E-state index in [4.69, 9.17) is 15.0 Å². The van der Waals surface area contributed by atoms with Crippen LogP contribution in [0.25, 0.3) is 0 Å². The molecule has 5 heteroatoms. The normalized spacial score (nSPS) is 31.7. The van der Waals surface area contributed by atoms with Crippen molar-refractivity contribution in [2.24, 2.45) is 17.6 Å². The Bertz CT molecular complexity index is 401. The third-order valence-electron chi connectivity index (χ3n) is 4.41. The molecule has 0 radical (unpaired) electrons. The summed E-state index contributed by atoms with van der Waals surface area (Å²) in [6.07, 6.45) is 7.68. The van der Waals surface area contributed by atoms with Gasteiger partial charge in [-0.25, -0.2) is 0 Å². The van der Waals surface area contributed by atoms with Gasteiger partial charge in [-0.15, -0.1) is 0 Å². The van der Waals surface area contributed by atoms with Crippen molar-refractivity contribution < 1.29 is 9.26 Å². The van der Waals surface area contributed by atoms with Crippen LogP contribution in [0.5, 0.6) is 0 Å². The second-order valence-electron chi connectivity index (χ2n) is 5.95. The van der Waals surface area contributed by atoms with Gasteiger partial charge in [0.05, 0.1) is 0 Å². The molecule has 5 nitrogen and oxygen atoms in total. The molecule has 0 bridgehead atoms. The van der Waals surface area contributed by atoms with Crippen molar-refractivity contribution in [3.05, 3.63) is 11.7 Å². The van der Waals surface area contributed by atoms with Gasteiger partial charge in [0.25, 0.3) is 0 Å². The van der Waals surface area contributed by atoms with E-state index in [0.29, 0.717) is 17.9 Å². The molecule has 2 N–H and O–H groups in total. The topological polar surface area (TPSA) is 74.2 Å². The summed E-state index contributed by atoms with van der Waals surface area (Å²) in [4.78, 5) is 4.51. The van der Waals surface area contributed by atoms with E-state index in [2.05, 4.69) is 10.1 Å². The Morgan fingerprint density at radius 3 is 2.84 bits per heavy atom. The molecule has 0 spiro atoms. The molecule has 3 rings (SSSR count). The molecule has 106 valence electrons. The molecule has 19 heavy (non-hydrogen) atoms. The van der Waals surface area contributed by atoms with E-state index in [1.807, 2.05) is 0 Å². The van der Waals surface area contributed by atoms with Gasteiger partial charge >= 0.3 is 0 Å². The molecule has 3 unspecified atom stereocenters. The molecule has 1 saturated carbocycles. The number of aromatic nitrogens is 2. The van der Waals surface area contributed by atoms with E-state index in [9.17, 15) is 0 Å². The van der Waals surface area contributed by atoms with Crippen LogP contribution in [0.3, 0.4) is 0 Å². The molecule has 1 aliphatic heterocycles. The highest BCUT2D eigenvalue weighted by atomic mass is 16.5. The molecule has 1 aromatic rings. The fraction of sp³-hybridized carbons (Fsp3) is 0.857. The molecular formula is C14H23N3O2. The van der Waals surface area contributed by atoms with Gasteiger partial charge in [-0.3, -0.25) is 0 Å². The fourth-order valence-corrected chi connectivity index (χ4v) is 3.17. The van der Waals surface area contributed by atoms with Crippen LogP contribution in [0.4, 0.5) is 0 Å². The first-order chi connectivity index (χ1) is 9.31.